The Morgan fingerprint density at radius 3 is 2.61 bits per heavy atom. The molecule has 9 heteroatoms. The molecule has 178 valence electrons. The quantitative estimate of drug-likeness (QED) is 0.458. The van der Waals surface area contributed by atoms with Gasteiger partial charge >= 0.3 is 12.1 Å². The van der Waals surface area contributed by atoms with Crippen molar-refractivity contribution in [1.82, 2.24) is 14.9 Å². The lowest BCUT2D eigenvalue weighted by Gasteiger charge is -2.27. The van der Waals surface area contributed by atoms with Crippen molar-refractivity contribution >= 4 is 23.1 Å². The predicted octanol–water partition coefficient (Wildman–Crippen LogP) is 3.69. The molecular formula is C24H31N3O6. The number of rotatable bonds is 7. The zero-order chi connectivity index (χ0) is 24.2. The van der Waals surface area contributed by atoms with Gasteiger partial charge < -0.3 is 18.9 Å². The Hall–Kier alpha value is -3.36. The first kappa shape index (κ1) is 24.3. The van der Waals surface area contributed by atoms with Crippen molar-refractivity contribution in [3.63, 3.8) is 0 Å². The number of fused-ring (bicyclic) bond motifs is 1. The highest BCUT2D eigenvalue weighted by molar-refractivity contribution is 5.82. The first-order valence-electron chi connectivity index (χ1n) is 10.8. The molecule has 0 aliphatic carbocycles. The highest BCUT2D eigenvalue weighted by Gasteiger charge is 2.43. The second-order valence-corrected chi connectivity index (χ2v) is 8.80. The fourth-order valence-corrected chi connectivity index (χ4v) is 3.60. The molecule has 2 aromatic rings. The third kappa shape index (κ3) is 5.91. The number of carbonyl (C=O) groups excluding carboxylic acids is 2. The third-order valence-corrected chi connectivity index (χ3v) is 5.13. The van der Waals surface area contributed by atoms with Crippen LogP contribution in [-0.4, -0.2) is 65.4 Å². The average Bonchev–Trinajstić information content (AvgIpc) is 3.19. The molecular weight excluding hydrogens is 426 g/mol. The van der Waals surface area contributed by atoms with Gasteiger partial charge in [-0.3, -0.25) is 4.90 Å². The molecule has 2 heterocycles. The van der Waals surface area contributed by atoms with Crippen molar-refractivity contribution < 1.29 is 28.5 Å². The predicted molar refractivity (Wildman–Crippen MR) is 122 cm³/mol. The molecule has 1 saturated heterocycles. The zero-order valence-electron chi connectivity index (χ0n) is 19.8. The minimum Gasteiger partial charge on any atom is -0.497 e. The van der Waals surface area contributed by atoms with E-state index in [0.29, 0.717) is 35.7 Å². The van der Waals surface area contributed by atoms with Gasteiger partial charge in [-0.1, -0.05) is 6.08 Å². The van der Waals surface area contributed by atoms with Crippen LogP contribution in [-0.2, 0) is 20.7 Å². The van der Waals surface area contributed by atoms with Crippen molar-refractivity contribution in [2.75, 3.05) is 20.8 Å². The van der Waals surface area contributed by atoms with E-state index in [-0.39, 0.29) is 13.0 Å². The summed E-state index contributed by atoms with van der Waals surface area (Å²) in [5.41, 5.74) is 1.32. The lowest BCUT2D eigenvalue weighted by Crippen LogP contribution is -2.44. The molecule has 1 aliphatic heterocycles. The molecule has 0 saturated carbocycles. The lowest BCUT2D eigenvalue weighted by molar-refractivity contribution is -0.145. The monoisotopic (exact) mass is 457 g/mol. The lowest BCUT2D eigenvalue weighted by atomic mass is 10.2. The summed E-state index contributed by atoms with van der Waals surface area (Å²) in [4.78, 5) is 35.8. The van der Waals surface area contributed by atoms with Crippen LogP contribution in [0.1, 0.15) is 39.3 Å². The third-order valence-electron chi connectivity index (χ3n) is 5.13. The highest BCUT2D eigenvalue weighted by Crippen LogP contribution is 2.29. The number of esters is 1. The molecule has 0 radical (unpaired) electrons. The number of nitrogens with zero attached hydrogens (tertiary/aromatic N) is 3. The molecule has 3 rings (SSSR count). The Labute approximate surface area is 193 Å². The van der Waals surface area contributed by atoms with Gasteiger partial charge in [0.05, 0.1) is 31.8 Å². The largest absolute Gasteiger partial charge is 0.497 e. The summed E-state index contributed by atoms with van der Waals surface area (Å²) >= 11 is 0. The van der Waals surface area contributed by atoms with E-state index in [1.807, 2.05) is 12.1 Å². The van der Waals surface area contributed by atoms with Crippen LogP contribution in [0.3, 0.4) is 0 Å². The zero-order valence-corrected chi connectivity index (χ0v) is 19.8. The summed E-state index contributed by atoms with van der Waals surface area (Å²) in [7, 11) is 2.88. The van der Waals surface area contributed by atoms with Gasteiger partial charge in [-0.25, -0.2) is 19.6 Å². The molecule has 1 aromatic carbocycles. The number of aromatic nitrogens is 2. The van der Waals surface area contributed by atoms with Gasteiger partial charge in [0.25, 0.3) is 0 Å². The molecule has 1 aliphatic rings. The molecule has 0 unspecified atom stereocenters. The summed E-state index contributed by atoms with van der Waals surface area (Å²) in [6.45, 7) is 9.25. The number of amides is 1. The number of hydrogen-bond donors (Lipinski definition) is 0. The van der Waals surface area contributed by atoms with Crippen molar-refractivity contribution in [1.29, 1.82) is 0 Å². The number of ether oxygens (including phenoxy) is 4. The smallest absolute Gasteiger partial charge is 0.411 e. The Bertz CT molecular complexity index is 1030. The van der Waals surface area contributed by atoms with E-state index in [0.717, 1.165) is 5.52 Å². The van der Waals surface area contributed by atoms with Gasteiger partial charge in [-0.05, 0) is 45.7 Å². The molecule has 1 amide bonds. The van der Waals surface area contributed by atoms with Crippen molar-refractivity contribution in [2.45, 2.75) is 57.8 Å². The molecule has 0 spiro atoms. The number of hydrogen-bond acceptors (Lipinski definition) is 8. The molecule has 0 N–H and O–H groups in total. The Morgan fingerprint density at radius 1 is 1.21 bits per heavy atom. The number of benzene rings is 1. The highest BCUT2D eigenvalue weighted by atomic mass is 16.6. The van der Waals surface area contributed by atoms with Crippen LogP contribution in [0.5, 0.6) is 11.6 Å². The number of carbonyl (C=O) groups is 2. The summed E-state index contributed by atoms with van der Waals surface area (Å²) in [5, 5.41) is 0. The van der Waals surface area contributed by atoms with Gasteiger partial charge in [-0.15, -0.1) is 6.58 Å². The van der Waals surface area contributed by atoms with Gasteiger partial charge in [0.15, 0.2) is 0 Å². The van der Waals surface area contributed by atoms with Gasteiger partial charge in [0.1, 0.15) is 29.2 Å². The van der Waals surface area contributed by atoms with Crippen molar-refractivity contribution in [3.8, 4) is 11.6 Å². The molecule has 1 aromatic heterocycles. The maximum atomic E-state index is 12.7. The first-order chi connectivity index (χ1) is 15.6. The molecule has 2 atom stereocenters. The fourth-order valence-electron chi connectivity index (χ4n) is 3.60. The van der Waals surface area contributed by atoms with Crippen LogP contribution in [0.2, 0.25) is 0 Å². The average molecular weight is 458 g/mol. The molecule has 9 nitrogen and oxygen atoms in total. The van der Waals surface area contributed by atoms with Crippen molar-refractivity contribution in [2.24, 2.45) is 0 Å². The fraction of sp³-hybridized carbons (Fsp3) is 0.500. The number of methoxy groups -OCH3 is 2. The number of aryl methyl sites for hydroxylation is 1. The standard InChI is InChI=1S/C24H31N3O6/c1-7-8-9-18-21(26-19-12-15(30-5)10-11-17(19)25-18)32-16-13-20(22(28)31-6)27(14-16)23(29)33-24(2,3)4/h7,10-12,16,20H,1,8-9,13-14H2,2-6H3/t16-,20+/m1/s1. The van der Waals surface area contributed by atoms with Crippen LogP contribution >= 0.6 is 0 Å². The second kappa shape index (κ2) is 10.1. The first-order valence-corrected chi connectivity index (χ1v) is 10.8. The van der Waals surface area contributed by atoms with E-state index in [1.54, 1.807) is 40.0 Å². The molecule has 1 fully saturated rings. The minimum atomic E-state index is -0.806. The van der Waals surface area contributed by atoms with Crippen LogP contribution in [0.25, 0.3) is 11.0 Å². The summed E-state index contributed by atoms with van der Waals surface area (Å²) < 4.78 is 21.9. The van der Waals surface area contributed by atoms with Crippen LogP contribution in [0.15, 0.2) is 30.9 Å². The second-order valence-electron chi connectivity index (χ2n) is 8.80. The van der Waals surface area contributed by atoms with Crippen LogP contribution < -0.4 is 9.47 Å². The van der Waals surface area contributed by atoms with Gasteiger partial charge in [0.2, 0.25) is 5.88 Å². The maximum Gasteiger partial charge on any atom is 0.411 e. The number of allylic oxidation sites excluding steroid dienone is 1. The SMILES string of the molecule is C=CCCc1nc2ccc(OC)cc2nc1O[C@@H]1C[C@@H](C(=O)OC)N(C(=O)OC(C)(C)C)C1. The van der Waals surface area contributed by atoms with Gasteiger partial charge in [-0.2, -0.15) is 0 Å². The summed E-state index contributed by atoms with van der Waals surface area (Å²) in [6, 6.07) is 4.65. The maximum absolute atomic E-state index is 12.7. The minimum absolute atomic E-state index is 0.160. The van der Waals surface area contributed by atoms with Crippen LogP contribution in [0.4, 0.5) is 4.79 Å². The molecule has 0 bridgehead atoms. The van der Waals surface area contributed by atoms with E-state index in [2.05, 4.69) is 11.6 Å². The normalized spacial score (nSPS) is 18.2. The van der Waals surface area contributed by atoms with Crippen molar-refractivity contribution in [3.05, 3.63) is 36.5 Å². The topological polar surface area (TPSA) is 100 Å². The number of likely N-dealkylation sites (tertiary alicyclic amines) is 1. The Kier molecular flexibility index (Phi) is 7.40. The van der Waals surface area contributed by atoms with E-state index in [9.17, 15) is 9.59 Å². The van der Waals surface area contributed by atoms with E-state index in [4.69, 9.17) is 23.9 Å². The van der Waals surface area contributed by atoms with E-state index >= 15 is 0 Å². The van der Waals surface area contributed by atoms with Gasteiger partial charge in [0, 0.05) is 12.5 Å². The Balaban J connectivity index is 1.89. The van der Waals surface area contributed by atoms with E-state index < -0.39 is 29.8 Å². The summed E-state index contributed by atoms with van der Waals surface area (Å²) in [5.74, 6) is 0.495. The Morgan fingerprint density at radius 2 is 1.97 bits per heavy atom. The van der Waals surface area contributed by atoms with Crippen LogP contribution in [0, 0.1) is 0 Å². The molecule has 33 heavy (non-hydrogen) atoms. The summed E-state index contributed by atoms with van der Waals surface area (Å²) in [6.07, 6.45) is 2.27. The van der Waals surface area contributed by atoms with E-state index in [1.165, 1.54) is 12.0 Å².